The fraction of sp³-hybridized carbons (Fsp3) is 0.625. The molecule has 21 heavy (non-hydrogen) atoms. The van der Waals surface area contributed by atoms with Crippen LogP contribution in [0.1, 0.15) is 19.8 Å². The summed E-state index contributed by atoms with van der Waals surface area (Å²) in [4.78, 5) is 2.13. The van der Waals surface area contributed by atoms with Crippen molar-refractivity contribution >= 4 is 0 Å². The lowest BCUT2D eigenvalue weighted by atomic mass is 9.91. The molecule has 0 aromatic heterocycles. The number of hydrogen-bond acceptors (Lipinski definition) is 4. The van der Waals surface area contributed by atoms with Crippen molar-refractivity contribution in [3.63, 3.8) is 0 Å². The minimum Gasteiger partial charge on any atom is -0.491 e. The number of likely N-dealkylation sites (tertiary alicyclic amines) is 1. The highest BCUT2D eigenvalue weighted by Crippen LogP contribution is 2.23. The van der Waals surface area contributed by atoms with Gasteiger partial charge in [-0.05, 0) is 49.6 Å². The molecular weight excluding hydrogens is 273 g/mol. The number of nitrogens with zero attached hydrogens (tertiary/aromatic N) is 1. The SMILES string of the molecule is CC1CCCN(CC(O)COc2ccc(F)cc2)C1CO. The third-order valence-corrected chi connectivity index (χ3v) is 4.12. The van der Waals surface area contributed by atoms with Gasteiger partial charge in [-0.1, -0.05) is 6.92 Å². The van der Waals surface area contributed by atoms with Crippen LogP contribution in [0.25, 0.3) is 0 Å². The lowest BCUT2D eigenvalue weighted by Gasteiger charge is -2.39. The van der Waals surface area contributed by atoms with E-state index in [1.165, 1.54) is 12.1 Å². The molecule has 1 aromatic carbocycles. The molecule has 0 spiro atoms. The molecule has 0 bridgehead atoms. The van der Waals surface area contributed by atoms with Crippen molar-refractivity contribution in [1.29, 1.82) is 0 Å². The smallest absolute Gasteiger partial charge is 0.123 e. The summed E-state index contributed by atoms with van der Waals surface area (Å²) < 4.78 is 18.2. The highest BCUT2D eigenvalue weighted by atomic mass is 19.1. The van der Waals surface area contributed by atoms with E-state index in [0.717, 1.165) is 19.4 Å². The fourth-order valence-corrected chi connectivity index (χ4v) is 2.90. The summed E-state index contributed by atoms with van der Waals surface area (Å²) in [5.74, 6) is 0.672. The molecule has 5 heteroatoms. The Hall–Kier alpha value is -1.17. The van der Waals surface area contributed by atoms with Gasteiger partial charge in [-0.2, -0.15) is 0 Å². The number of piperidine rings is 1. The third kappa shape index (κ3) is 4.66. The normalized spacial score (nSPS) is 24.8. The van der Waals surface area contributed by atoms with Crippen molar-refractivity contribution in [3.05, 3.63) is 30.1 Å². The monoisotopic (exact) mass is 297 g/mol. The standard InChI is InChI=1S/C16H24FNO3/c1-12-3-2-8-18(16(12)10-19)9-14(20)11-21-15-6-4-13(17)5-7-15/h4-7,12,14,16,19-20H,2-3,8-11H2,1H3. The zero-order valence-corrected chi connectivity index (χ0v) is 12.4. The first-order valence-electron chi connectivity index (χ1n) is 7.51. The van der Waals surface area contributed by atoms with Gasteiger partial charge in [0.25, 0.3) is 0 Å². The molecule has 0 amide bonds. The number of hydrogen-bond donors (Lipinski definition) is 2. The van der Waals surface area contributed by atoms with E-state index < -0.39 is 6.10 Å². The molecule has 0 saturated carbocycles. The number of β-amino-alcohol motifs (C(OH)–C–C–N with tert-alkyl or cyclic N) is 1. The third-order valence-electron chi connectivity index (χ3n) is 4.12. The summed E-state index contributed by atoms with van der Waals surface area (Å²) in [5, 5.41) is 19.6. The molecule has 2 N–H and O–H groups in total. The maximum atomic E-state index is 12.8. The molecule has 0 aliphatic carbocycles. The lowest BCUT2D eigenvalue weighted by molar-refractivity contribution is 0.00377. The van der Waals surface area contributed by atoms with Gasteiger partial charge >= 0.3 is 0 Å². The van der Waals surface area contributed by atoms with Crippen LogP contribution in [0, 0.1) is 11.7 Å². The van der Waals surface area contributed by atoms with Gasteiger partial charge in [-0.15, -0.1) is 0 Å². The maximum Gasteiger partial charge on any atom is 0.123 e. The molecule has 2 rings (SSSR count). The Morgan fingerprint density at radius 3 is 2.76 bits per heavy atom. The van der Waals surface area contributed by atoms with E-state index in [1.807, 2.05) is 0 Å². The Bertz CT molecular complexity index is 426. The number of ether oxygens (including phenoxy) is 1. The number of halogens is 1. The van der Waals surface area contributed by atoms with E-state index in [2.05, 4.69) is 11.8 Å². The molecule has 118 valence electrons. The van der Waals surface area contributed by atoms with Crippen LogP contribution in [0.2, 0.25) is 0 Å². The van der Waals surface area contributed by atoms with Crippen molar-refractivity contribution in [2.75, 3.05) is 26.3 Å². The molecule has 1 aliphatic heterocycles. The van der Waals surface area contributed by atoms with Gasteiger partial charge in [0.15, 0.2) is 0 Å². The minimum absolute atomic E-state index is 0.110. The van der Waals surface area contributed by atoms with Crippen molar-refractivity contribution < 1.29 is 19.3 Å². The second-order valence-corrected chi connectivity index (χ2v) is 5.78. The van der Waals surface area contributed by atoms with Crippen molar-refractivity contribution in [3.8, 4) is 5.75 Å². The van der Waals surface area contributed by atoms with E-state index in [9.17, 15) is 14.6 Å². The molecule has 1 saturated heterocycles. The average molecular weight is 297 g/mol. The zero-order chi connectivity index (χ0) is 15.2. The van der Waals surface area contributed by atoms with Crippen LogP contribution in [0.15, 0.2) is 24.3 Å². The summed E-state index contributed by atoms with van der Waals surface area (Å²) >= 11 is 0. The molecule has 1 aliphatic rings. The Balaban J connectivity index is 1.80. The Kier molecular flexibility index (Phi) is 5.96. The molecule has 1 aromatic rings. The molecule has 0 radical (unpaired) electrons. The number of aliphatic hydroxyl groups is 2. The van der Waals surface area contributed by atoms with Crippen LogP contribution in [0.3, 0.4) is 0 Å². The van der Waals surface area contributed by atoms with Gasteiger partial charge in [0.2, 0.25) is 0 Å². The summed E-state index contributed by atoms with van der Waals surface area (Å²) in [5.41, 5.74) is 0. The molecule has 3 atom stereocenters. The van der Waals surface area contributed by atoms with Crippen LogP contribution in [-0.4, -0.2) is 53.6 Å². The van der Waals surface area contributed by atoms with Crippen LogP contribution in [0.4, 0.5) is 4.39 Å². The highest BCUT2D eigenvalue weighted by molar-refractivity contribution is 5.22. The topological polar surface area (TPSA) is 52.9 Å². The van der Waals surface area contributed by atoms with Gasteiger partial charge in [0.05, 0.1) is 6.61 Å². The van der Waals surface area contributed by atoms with Crippen LogP contribution < -0.4 is 4.74 Å². The van der Waals surface area contributed by atoms with Gasteiger partial charge in [0, 0.05) is 12.6 Å². The average Bonchev–Trinajstić information content (AvgIpc) is 2.47. The van der Waals surface area contributed by atoms with E-state index >= 15 is 0 Å². The molecule has 1 fully saturated rings. The molecular formula is C16H24FNO3. The second kappa shape index (κ2) is 7.73. The predicted octanol–water partition coefficient (Wildman–Crippen LogP) is 1.66. The van der Waals surface area contributed by atoms with Gasteiger partial charge < -0.3 is 14.9 Å². The van der Waals surface area contributed by atoms with E-state index in [-0.39, 0.29) is 25.1 Å². The fourth-order valence-electron chi connectivity index (χ4n) is 2.90. The number of rotatable bonds is 6. The summed E-state index contributed by atoms with van der Waals surface area (Å²) in [7, 11) is 0. The van der Waals surface area contributed by atoms with Crippen molar-refractivity contribution in [1.82, 2.24) is 4.90 Å². The predicted molar refractivity (Wildman–Crippen MR) is 78.7 cm³/mol. The first-order valence-corrected chi connectivity index (χ1v) is 7.51. The first kappa shape index (κ1) is 16.2. The van der Waals surface area contributed by atoms with Crippen molar-refractivity contribution in [2.45, 2.75) is 31.9 Å². The largest absolute Gasteiger partial charge is 0.491 e. The molecule has 1 heterocycles. The minimum atomic E-state index is -0.630. The summed E-state index contributed by atoms with van der Waals surface area (Å²) in [6, 6.07) is 5.86. The van der Waals surface area contributed by atoms with Gasteiger partial charge in [0.1, 0.15) is 24.3 Å². The number of aliphatic hydroxyl groups excluding tert-OH is 2. The van der Waals surface area contributed by atoms with Crippen LogP contribution in [0.5, 0.6) is 5.75 Å². The maximum absolute atomic E-state index is 12.8. The summed E-state index contributed by atoms with van der Waals surface area (Å²) in [6.45, 7) is 3.79. The van der Waals surface area contributed by atoms with Crippen molar-refractivity contribution in [2.24, 2.45) is 5.92 Å². The van der Waals surface area contributed by atoms with Crippen LogP contribution >= 0.6 is 0 Å². The lowest BCUT2D eigenvalue weighted by Crippen LogP contribution is -2.50. The van der Waals surface area contributed by atoms with E-state index in [0.29, 0.717) is 18.2 Å². The van der Waals surface area contributed by atoms with Gasteiger partial charge in [-0.3, -0.25) is 4.90 Å². The Labute approximate surface area is 125 Å². The Morgan fingerprint density at radius 1 is 1.38 bits per heavy atom. The second-order valence-electron chi connectivity index (χ2n) is 5.78. The zero-order valence-electron chi connectivity index (χ0n) is 12.4. The highest BCUT2D eigenvalue weighted by Gasteiger charge is 2.29. The molecule has 4 nitrogen and oxygen atoms in total. The van der Waals surface area contributed by atoms with E-state index in [1.54, 1.807) is 12.1 Å². The molecule has 3 unspecified atom stereocenters. The first-order chi connectivity index (χ1) is 10.1. The van der Waals surface area contributed by atoms with Crippen LogP contribution in [-0.2, 0) is 0 Å². The van der Waals surface area contributed by atoms with E-state index in [4.69, 9.17) is 4.74 Å². The quantitative estimate of drug-likeness (QED) is 0.838. The number of benzene rings is 1. The van der Waals surface area contributed by atoms with Gasteiger partial charge in [-0.25, -0.2) is 4.39 Å². The summed E-state index contributed by atoms with van der Waals surface area (Å²) in [6.07, 6.45) is 1.57. The Morgan fingerprint density at radius 2 is 2.10 bits per heavy atom.